The standard InChI is InChI=1S/C25H34N2O2/c1-9-16-11-18(22(26-28)20(13-16)24(3,4)5)15-19-12-17(10-2)14-21(23(19)27-29)25(6,7)8/h11-14H,9-10,15H2,1-8H3. The Balaban J connectivity index is 2.77. The highest BCUT2D eigenvalue weighted by Gasteiger charge is 2.25. The highest BCUT2D eigenvalue weighted by atomic mass is 16.3. The molecule has 2 rings (SSSR count). The minimum absolute atomic E-state index is 0.198. The maximum atomic E-state index is 11.9. The lowest BCUT2D eigenvalue weighted by atomic mass is 9.80. The van der Waals surface area contributed by atoms with Crippen LogP contribution in [-0.2, 0) is 30.1 Å². The largest absolute Gasteiger partial charge is 0.145 e. The first kappa shape index (κ1) is 22.9. The molecule has 0 N–H and O–H groups in total. The molecule has 0 spiro atoms. The lowest BCUT2D eigenvalue weighted by Crippen LogP contribution is -2.14. The maximum Gasteiger partial charge on any atom is 0.115 e. The number of nitroso groups, excluding NO2 is 2. The zero-order valence-corrected chi connectivity index (χ0v) is 19.1. The van der Waals surface area contributed by atoms with Gasteiger partial charge in [-0.15, -0.1) is 9.81 Å². The molecule has 0 aliphatic carbocycles. The number of benzene rings is 2. The van der Waals surface area contributed by atoms with Gasteiger partial charge in [0.2, 0.25) is 0 Å². The van der Waals surface area contributed by atoms with Crippen LogP contribution >= 0.6 is 0 Å². The van der Waals surface area contributed by atoms with E-state index in [2.05, 4.69) is 90.0 Å². The van der Waals surface area contributed by atoms with Crippen molar-refractivity contribution in [2.24, 2.45) is 10.4 Å². The highest BCUT2D eigenvalue weighted by molar-refractivity contribution is 5.63. The Morgan fingerprint density at radius 3 is 1.24 bits per heavy atom. The molecule has 2 aromatic rings. The fraction of sp³-hybridized carbons (Fsp3) is 0.520. The van der Waals surface area contributed by atoms with Crippen molar-refractivity contribution in [1.29, 1.82) is 0 Å². The van der Waals surface area contributed by atoms with Gasteiger partial charge < -0.3 is 0 Å². The summed E-state index contributed by atoms with van der Waals surface area (Å²) in [4.78, 5) is 23.7. The highest BCUT2D eigenvalue weighted by Crippen LogP contribution is 2.40. The SMILES string of the molecule is CCc1cc(Cc2cc(CC)cc(C(C)(C)C)c2N=O)c(N=O)c(C(C)(C)C)c1. The van der Waals surface area contributed by atoms with E-state index in [4.69, 9.17) is 0 Å². The van der Waals surface area contributed by atoms with Crippen molar-refractivity contribution in [1.82, 2.24) is 0 Å². The minimum atomic E-state index is -0.198. The summed E-state index contributed by atoms with van der Waals surface area (Å²) in [6.45, 7) is 16.8. The van der Waals surface area contributed by atoms with Gasteiger partial charge in [0.05, 0.1) is 0 Å². The molecule has 4 nitrogen and oxygen atoms in total. The summed E-state index contributed by atoms with van der Waals surface area (Å²) >= 11 is 0. The van der Waals surface area contributed by atoms with Gasteiger partial charge in [-0.3, -0.25) is 0 Å². The van der Waals surface area contributed by atoms with Crippen LogP contribution < -0.4 is 0 Å². The summed E-state index contributed by atoms with van der Waals surface area (Å²) in [6, 6.07) is 8.27. The monoisotopic (exact) mass is 394 g/mol. The lowest BCUT2D eigenvalue weighted by molar-refractivity contribution is 0.589. The molecule has 0 unspecified atom stereocenters. The second kappa shape index (κ2) is 8.56. The van der Waals surface area contributed by atoms with Crippen molar-refractivity contribution in [3.8, 4) is 0 Å². The molecule has 0 saturated heterocycles. The molecular formula is C25H34N2O2. The summed E-state index contributed by atoms with van der Waals surface area (Å²) in [5.41, 5.74) is 6.55. The first-order valence-electron chi connectivity index (χ1n) is 10.5. The Morgan fingerprint density at radius 1 is 0.655 bits per heavy atom. The molecule has 0 bridgehead atoms. The Morgan fingerprint density at radius 2 is 1.00 bits per heavy atom. The smallest absolute Gasteiger partial charge is 0.115 e. The van der Waals surface area contributed by atoms with Crippen LogP contribution in [0, 0.1) is 9.81 Å². The van der Waals surface area contributed by atoms with E-state index in [1.807, 2.05) is 0 Å². The van der Waals surface area contributed by atoms with E-state index in [0.717, 1.165) is 35.1 Å². The van der Waals surface area contributed by atoms with E-state index in [1.54, 1.807) is 0 Å². The van der Waals surface area contributed by atoms with Crippen LogP contribution in [0.5, 0.6) is 0 Å². The summed E-state index contributed by atoms with van der Waals surface area (Å²) in [7, 11) is 0. The van der Waals surface area contributed by atoms with Crippen LogP contribution in [0.15, 0.2) is 34.6 Å². The fourth-order valence-corrected chi connectivity index (χ4v) is 3.76. The Kier molecular flexibility index (Phi) is 6.77. The van der Waals surface area contributed by atoms with Crippen molar-refractivity contribution in [2.75, 3.05) is 0 Å². The number of nitrogens with zero attached hydrogens (tertiary/aromatic N) is 2. The van der Waals surface area contributed by atoms with Crippen molar-refractivity contribution in [2.45, 2.75) is 85.5 Å². The molecule has 0 fully saturated rings. The number of rotatable bonds is 6. The average molecular weight is 395 g/mol. The first-order chi connectivity index (χ1) is 13.5. The third-order valence-electron chi connectivity index (χ3n) is 5.49. The summed E-state index contributed by atoms with van der Waals surface area (Å²) in [5.74, 6) is 0. The lowest BCUT2D eigenvalue weighted by Gasteiger charge is -2.25. The molecule has 0 amide bonds. The molecule has 0 aromatic heterocycles. The Bertz CT molecular complexity index is 840. The number of hydrogen-bond acceptors (Lipinski definition) is 4. The Hall–Kier alpha value is -2.36. The molecule has 0 aliphatic heterocycles. The number of hydrogen-bond donors (Lipinski definition) is 0. The van der Waals surface area contributed by atoms with Gasteiger partial charge in [-0.05, 0) is 67.4 Å². The van der Waals surface area contributed by atoms with Gasteiger partial charge in [0.1, 0.15) is 11.4 Å². The van der Waals surface area contributed by atoms with Gasteiger partial charge in [0, 0.05) is 6.42 Å². The van der Waals surface area contributed by atoms with E-state index in [-0.39, 0.29) is 10.8 Å². The van der Waals surface area contributed by atoms with Gasteiger partial charge in [-0.25, -0.2) is 0 Å². The summed E-state index contributed by atoms with van der Waals surface area (Å²) in [5, 5.41) is 6.84. The van der Waals surface area contributed by atoms with Gasteiger partial charge in [-0.2, -0.15) is 0 Å². The second-order valence-corrected chi connectivity index (χ2v) is 9.87. The van der Waals surface area contributed by atoms with Crippen molar-refractivity contribution < 1.29 is 0 Å². The molecule has 0 atom stereocenters. The molecule has 29 heavy (non-hydrogen) atoms. The first-order valence-corrected chi connectivity index (χ1v) is 10.5. The van der Waals surface area contributed by atoms with E-state index < -0.39 is 0 Å². The molecule has 0 saturated carbocycles. The second-order valence-electron chi connectivity index (χ2n) is 9.87. The third-order valence-corrected chi connectivity index (χ3v) is 5.49. The van der Waals surface area contributed by atoms with Crippen molar-refractivity contribution in [3.05, 3.63) is 67.5 Å². The van der Waals surface area contributed by atoms with Crippen LogP contribution in [0.3, 0.4) is 0 Å². The van der Waals surface area contributed by atoms with E-state index in [0.29, 0.717) is 17.8 Å². The average Bonchev–Trinajstić information content (AvgIpc) is 2.65. The molecule has 0 radical (unpaired) electrons. The van der Waals surface area contributed by atoms with Crippen molar-refractivity contribution >= 4 is 11.4 Å². The van der Waals surface area contributed by atoms with E-state index in [9.17, 15) is 9.81 Å². The topological polar surface area (TPSA) is 58.9 Å². The molecule has 0 heterocycles. The van der Waals surface area contributed by atoms with Gasteiger partial charge in [-0.1, -0.05) is 79.7 Å². The third kappa shape index (κ3) is 4.98. The molecule has 156 valence electrons. The predicted octanol–water partition coefficient (Wildman–Crippen LogP) is 7.79. The van der Waals surface area contributed by atoms with Gasteiger partial charge in [0.15, 0.2) is 0 Å². The van der Waals surface area contributed by atoms with Crippen LogP contribution in [0.1, 0.15) is 88.8 Å². The quantitative estimate of drug-likeness (QED) is 0.469. The Labute approximate surface area is 175 Å². The number of aryl methyl sites for hydroxylation is 2. The minimum Gasteiger partial charge on any atom is -0.145 e. The maximum absolute atomic E-state index is 11.9. The van der Waals surface area contributed by atoms with Crippen LogP contribution in [0.4, 0.5) is 11.4 Å². The van der Waals surface area contributed by atoms with E-state index >= 15 is 0 Å². The molecule has 4 heteroatoms. The predicted molar refractivity (Wildman–Crippen MR) is 123 cm³/mol. The normalized spacial score (nSPS) is 12.1. The molecule has 0 aliphatic rings. The zero-order chi connectivity index (χ0) is 22.0. The zero-order valence-electron chi connectivity index (χ0n) is 19.1. The van der Waals surface area contributed by atoms with Crippen LogP contribution in [0.25, 0.3) is 0 Å². The van der Waals surface area contributed by atoms with Crippen LogP contribution in [0.2, 0.25) is 0 Å². The fourth-order valence-electron chi connectivity index (χ4n) is 3.76. The van der Waals surface area contributed by atoms with Crippen LogP contribution in [-0.4, -0.2) is 0 Å². The summed E-state index contributed by atoms with van der Waals surface area (Å²) in [6.07, 6.45) is 2.21. The molecule has 2 aromatic carbocycles. The van der Waals surface area contributed by atoms with Gasteiger partial charge in [0.25, 0.3) is 0 Å². The van der Waals surface area contributed by atoms with Crippen molar-refractivity contribution in [3.63, 3.8) is 0 Å². The van der Waals surface area contributed by atoms with E-state index in [1.165, 1.54) is 11.1 Å². The summed E-state index contributed by atoms with van der Waals surface area (Å²) < 4.78 is 0. The van der Waals surface area contributed by atoms with Gasteiger partial charge >= 0.3 is 0 Å². The molecular weight excluding hydrogens is 360 g/mol.